The summed E-state index contributed by atoms with van der Waals surface area (Å²) in [5, 5.41) is 0. The van der Waals surface area contributed by atoms with Gasteiger partial charge in [-0.05, 0) is 22.3 Å². The minimum absolute atomic E-state index is 0.200. The Bertz CT molecular complexity index is 730. The number of allylic oxidation sites excluding steroid dienone is 12. The average Bonchev–Trinajstić information content (AvgIpc) is 2.70. The van der Waals surface area contributed by atoms with Crippen molar-refractivity contribution in [3.8, 4) is 0 Å². The lowest BCUT2D eigenvalue weighted by Crippen LogP contribution is -2.15. The Balaban J connectivity index is 2.91. The molecule has 1 aliphatic rings. The second-order valence-corrected chi connectivity index (χ2v) is 5.60. The predicted molar refractivity (Wildman–Crippen MR) is 111 cm³/mol. The van der Waals surface area contributed by atoms with E-state index in [2.05, 4.69) is 69.6 Å². The first-order valence-corrected chi connectivity index (χ1v) is 8.10. The Morgan fingerprint density at radius 3 is 1.50 bits per heavy atom. The summed E-state index contributed by atoms with van der Waals surface area (Å²) in [4.78, 5) is 0. The molecule has 0 N–H and O–H groups in total. The quantitative estimate of drug-likeness (QED) is 0.429. The third kappa shape index (κ3) is 3.26. The molecule has 0 aromatic heterocycles. The van der Waals surface area contributed by atoms with E-state index in [9.17, 15) is 0 Å². The molecule has 1 aromatic carbocycles. The van der Waals surface area contributed by atoms with Gasteiger partial charge in [0.05, 0.1) is 0 Å². The van der Waals surface area contributed by atoms with Crippen LogP contribution in [-0.2, 0) is 0 Å². The Morgan fingerprint density at radius 2 is 1.17 bits per heavy atom. The van der Waals surface area contributed by atoms with E-state index in [4.69, 9.17) is 0 Å². The van der Waals surface area contributed by atoms with Crippen molar-refractivity contribution in [3.63, 3.8) is 0 Å². The summed E-state index contributed by atoms with van der Waals surface area (Å²) in [6.45, 7) is 18.1. The van der Waals surface area contributed by atoms with Crippen LogP contribution >= 0.6 is 0 Å². The highest BCUT2D eigenvalue weighted by atomic mass is 14.2. The van der Waals surface area contributed by atoms with Crippen LogP contribution in [0, 0.1) is 0 Å². The highest BCUT2D eigenvalue weighted by Crippen LogP contribution is 2.38. The Hall–Kier alpha value is -2.80. The van der Waals surface area contributed by atoms with Gasteiger partial charge >= 0.3 is 0 Å². The molecule has 1 aromatic rings. The molecule has 0 fully saturated rings. The van der Waals surface area contributed by atoms with E-state index in [0.29, 0.717) is 0 Å². The van der Waals surface area contributed by atoms with Gasteiger partial charge in [-0.25, -0.2) is 0 Å². The molecule has 0 atom stereocenters. The second kappa shape index (κ2) is 8.17. The van der Waals surface area contributed by atoms with Crippen molar-refractivity contribution in [1.29, 1.82) is 0 Å². The van der Waals surface area contributed by atoms with Crippen molar-refractivity contribution < 1.29 is 0 Å². The van der Waals surface area contributed by atoms with Crippen molar-refractivity contribution in [1.82, 2.24) is 0 Å². The smallest absolute Gasteiger partial charge is 0.0991 e. The highest BCUT2D eigenvalue weighted by Gasteiger charge is 2.26. The first-order chi connectivity index (χ1) is 11.7. The molecule has 0 saturated carbocycles. The Morgan fingerprint density at radius 1 is 0.750 bits per heavy atom. The molecule has 0 radical (unpaired) electrons. The number of rotatable bonds is 6. The summed E-state index contributed by atoms with van der Waals surface area (Å²) in [5.74, 6) is 0. The minimum Gasteiger partial charge on any atom is -0.0991 e. The molecule has 0 saturated heterocycles. The zero-order chi connectivity index (χ0) is 17.5. The van der Waals surface area contributed by atoms with Crippen LogP contribution in [-0.4, -0.2) is 6.71 Å². The van der Waals surface area contributed by atoms with Crippen LogP contribution < -0.4 is 0 Å². The molecule has 1 heterocycles. The van der Waals surface area contributed by atoms with Gasteiger partial charge in [-0.3, -0.25) is 0 Å². The van der Waals surface area contributed by atoms with Crippen molar-refractivity contribution in [3.05, 3.63) is 121 Å². The molecule has 0 nitrogen and oxygen atoms in total. The summed E-state index contributed by atoms with van der Waals surface area (Å²) >= 11 is 0. The fourth-order valence-corrected chi connectivity index (χ4v) is 3.17. The van der Waals surface area contributed by atoms with Crippen LogP contribution in [0.5, 0.6) is 0 Å². The number of benzene rings is 1. The molecule has 2 rings (SSSR count). The zero-order valence-corrected chi connectivity index (χ0v) is 14.3. The van der Waals surface area contributed by atoms with Gasteiger partial charge in [-0.1, -0.05) is 117 Å². The molecule has 0 bridgehead atoms. The highest BCUT2D eigenvalue weighted by molar-refractivity contribution is 6.76. The van der Waals surface area contributed by atoms with E-state index in [0.717, 1.165) is 11.1 Å². The van der Waals surface area contributed by atoms with Crippen LogP contribution in [0.3, 0.4) is 0 Å². The van der Waals surface area contributed by atoms with E-state index >= 15 is 0 Å². The standard InChI is InChI=1S/C23H23B/c1-6-10-16-22-18(8-3)20-14-12-13-15-21(20)19(9-4)23(24(22)5)17-11-7-2/h6-17H,1-4H2,5H3/b16-10-,17-11-. The molecule has 118 valence electrons. The molecule has 1 aliphatic heterocycles. The van der Waals surface area contributed by atoms with E-state index < -0.39 is 0 Å². The second-order valence-electron chi connectivity index (χ2n) is 5.60. The van der Waals surface area contributed by atoms with Crippen LogP contribution in [0.25, 0.3) is 11.1 Å². The van der Waals surface area contributed by atoms with Gasteiger partial charge in [0, 0.05) is 0 Å². The van der Waals surface area contributed by atoms with Gasteiger partial charge in [0.1, 0.15) is 0 Å². The maximum atomic E-state index is 4.06. The van der Waals surface area contributed by atoms with Crippen LogP contribution in [0.15, 0.2) is 110 Å². The van der Waals surface area contributed by atoms with Crippen molar-refractivity contribution in [2.75, 3.05) is 0 Å². The third-order valence-electron chi connectivity index (χ3n) is 4.29. The molecule has 0 unspecified atom stereocenters. The first kappa shape index (κ1) is 17.6. The van der Waals surface area contributed by atoms with Gasteiger partial charge in [-0.15, -0.1) is 0 Å². The number of hydrogen-bond donors (Lipinski definition) is 0. The zero-order valence-electron chi connectivity index (χ0n) is 14.3. The van der Waals surface area contributed by atoms with Crippen LogP contribution in [0.1, 0.15) is 11.1 Å². The molecule has 24 heavy (non-hydrogen) atoms. The summed E-state index contributed by atoms with van der Waals surface area (Å²) in [5.41, 5.74) is 7.10. The van der Waals surface area contributed by atoms with E-state index in [1.54, 1.807) is 12.2 Å². The molecule has 0 spiro atoms. The summed E-state index contributed by atoms with van der Waals surface area (Å²) < 4.78 is 0. The van der Waals surface area contributed by atoms with Gasteiger partial charge < -0.3 is 0 Å². The largest absolute Gasteiger partial charge is 0.207 e. The topological polar surface area (TPSA) is 0 Å². The van der Waals surface area contributed by atoms with E-state index in [1.807, 2.05) is 24.3 Å². The molecular weight excluding hydrogens is 287 g/mol. The normalized spacial score (nSPS) is 14.8. The SMILES string of the molecule is C=C/C=C\C1=C(C=C)c2ccccc2C(C=C)=C(/C=C\C=C)B1C. The van der Waals surface area contributed by atoms with Crippen molar-refractivity contribution in [2.45, 2.75) is 6.82 Å². The first-order valence-electron chi connectivity index (χ1n) is 8.10. The summed E-state index contributed by atoms with van der Waals surface area (Å²) in [6.07, 6.45) is 15.7. The van der Waals surface area contributed by atoms with Crippen LogP contribution in [0.4, 0.5) is 0 Å². The van der Waals surface area contributed by atoms with Gasteiger partial charge in [0.2, 0.25) is 6.71 Å². The lowest BCUT2D eigenvalue weighted by atomic mass is 9.40. The average molecular weight is 310 g/mol. The summed E-state index contributed by atoms with van der Waals surface area (Å²) in [6, 6.07) is 8.41. The molecule has 1 heteroatoms. The van der Waals surface area contributed by atoms with E-state index in [1.165, 1.54) is 22.1 Å². The maximum Gasteiger partial charge on any atom is 0.207 e. The molecule has 0 amide bonds. The van der Waals surface area contributed by atoms with Crippen molar-refractivity contribution in [2.24, 2.45) is 0 Å². The van der Waals surface area contributed by atoms with Gasteiger partial charge in [0.25, 0.3) is 0 Å². The Labute approximate surface area is 146 Å². The minimum atomic E-state index is 0.200. The van der Waals surface area contributed by atoms with Crippen LogP contribution in [0.2, 0.25) is 6.82 Å². The Kier molecular flexibility index (Phi) is 5.98. The molecule has 0 aliphatic carbocycles. The maximum absolute atomic E-state index is 4.06. The molecular formula is C23H23B. The van der Waals surface area contributed by atoms with E-state index in [-0.39, 0.29) is 6.71 Å². The lowest BCUT2D eigenvalue weighted by molar-refractivity contribution is 1.55. The summed E-state index contributed by atoms with van der Waals surface area (Å²) in [7, 11) is 0. The fraction of sp³-hybridized carbons (Fsp3) is 0.0435. The number of fused-ring (bicyclic) bond motifs is 1. The monoisotopic (exact) mass is 310 g/mol. The van der Waals surface area contributed by atoms with Gasteiger partial charge in [-0.2, -0.15) is 0 Å². The van der Waals surface area contributed by atoms with Crippen molar-refractivity contribution >= 4 is 17.9 Å². The van der Waals surface area contributed by atoms with Gasteiger partial charge in [0.15, 0.2) is 0 Å². The third-order valence-corrected chi connectivity index (χ3v) is 4.29. The predicted octanol–water partition coefficient (Wildman–Crippen LogP) is 6.27. The number of hydrogen-bond acceptors (Lipinski definition) is 0. The lowest BCUT2D eigenvalue weighted by Gasteiger charge is -2.14. The fourth-order valence-electron chi connectivity index (χ4n) is 3.17.